The van der Waals surface area contributed by atoms with E-state index in [1.807, 2.05) is 18.5 Å². The van der Waals surface area contributed by atoms with Crippen molar-refractivity contribution in [3.63, 3.8) is 0 Å². The Bertz CT molecular complexity index is 983. The molecule has 0 unspecified atom stereocenters. The first kappa shape index (κ1) is 19.2. The van der Waals surface area contributed by atoms with E-state index in [9.17, 15) is 0 Å². The normalized spacial score (nSPS) is 17.6. The summed E-state index contributed by atoms with van der Waals surface area (Å²) < 4.78 is 12.1. The van der Waals surface area contributed by atoms with E-state index in [-0.39, 0.29) is 5.41 Å². The minimum absolute atomic E-state index is 0.00672. The van der Waals surface area contributed by atoms with E-state index in [1.54, 1.807) is 7.11 Å². The van der Waals surface area contributed by atoms with Gasteiger partial charge in [-0.1, -0.05) is 36.4 Å². The Kier molecular flexibility index (Phi) is 5.20. The molecule has 2 aliphatic rings. The van der Waals surface area contributed by atoms with Gasteiger partial charge in [0.2, 0.25) is 0 Å². The van der Waals surface area contributed by atoms with E-state index < -0.39 is 0 Å². The Morgan fingerprint density at radius 3 is 2.37 bits per heavy atom. The Labute approximate surface area is 179 Å². The van der Waals surface area contributed by atoms with E-state index in [0.29, 0.717) is 6.10 Å². The second-order valence-corrected chi connectivity index (χ2v) is 8.83. The molecule has 0 saturated heterocycles. The van der Waals surface area contributed by atoms with Gasteiger partial charge in [0.15, 0.2) is 11.5 Å². The molecule has 3 nitrogen and oxygen atoms in total. The minimum atomic E-state index is 0.00672. The summed E-state index contributed by atoms with van der Waals surface area (Å²) in [6.07, 6.45) is 12.0. The number of hydrogen-bond donors (Lipinski definition) is 0. The Balaban J connectivity index is 1.54. The van der Waals surface area contributed by atoms with Crippen LogP contribution in [0.3, 0.4) is 0 Å². The second-order valence-electron chi connectivity index (χ2n) is 8.83. The van der Waals surface area contributed by atoms with Gasteiger partial charge in [-0.05, 0) is 85.4 Å². The zero-order valence-corrected chi connectivity index (χ0v) is 17.6. The molecular formula is C27H29NO2. The van der Waals surface area contributed by atoms with E-state index in [1.165, 1.54) is 35.1 Å². The van der Waals surface area contributed by atoms with E-state index in [4.69, 9.17) is 9.47 Å². The van der Waals surface area contributed by atoms with Crippen LogP contribution in [-0.4, -0.2) is 18.2 Å². The molecule has 3 aromatic rings. The number of aromatic nitrogens is 1. The van der Waals surface area contributed by atoms with Crippen LogP contribution in [-0.2, 0) is 24.7 Å². The summed E-state index contributed by atoms with van der Waals surface area (Å²) in [5.74, 6) is 1.72. The predicted molar refractivity (Wildman–Crippen MR) is 119 cm³/mol. The second kappa shape index (κ2) is 8.14. The number of hydrogen-bond acceptors (Lipinski definition) is 3. The van der Waals surface area contributed by atoms with Gasteiger partial charge in [0.1, 0.15) is 0 Å². The number of rotatable bonds is 6. The van der Waals surface area contributed by atoms with Crippen molar-refractivity contribution >= 4 is 0 Å². The van der Waals surface area contributed by atoms with Crippen LogP contribution in [0.15, 0.2) is 67.0 Å². The lowest BCUT2D eigenvalue weighted by atomic mass is 9.73. The fourth-order valence-electron chi connectivity index (χ4n) is 5.30. The van der Waals surface area contributed by atoms with Gasteiger partial charge in [-0.15, -0.1) is 0 Å². The number of fused-ring (bicyclic) bond motifs is 1. The molecule has 1 aromatic heterocycles. The first-order valence-electron chi connectivity index (χ1n) is 11.1. The van der Waals surface area contributed by atoms with Gasteiger partial charge >= 0.3 is 0 Å². The van der Waals surface area contributed by atoms with Gasteiger partial charge in [-0.2, -0.15) is 0 Å². The molecule has 0 aliphatic heterocycles. The van der Waals surface area contributed by atoms with Crippen LogP contribution in [0, 0.1) is 0 Å². The summed E-state index contributed by atoms with van der Waals surface area (Å²) >= 11 is 0. The van der Waals surface area contributed by atoms with Crippen LogP contribution in [0.2, 0.25) is 0 Å². The number of methoxy groups -OCH3 is 1. The van der Waals surface area contributed by atoms with Crippen LogP contribution in [0.1, 0.15) is 47.9 Å². The maximum absolute atomic E-state index is 6.43. The summed E-state index contributed by atoms with van der Waals surface area (Å²) in [6.45, 7) is 0. The highest BCUT2D eigenvalue weighted by Crippen LogP contribution is 2.45. The zero-order valence-electron chi connectivity index (χ0n) is 17.6. The highest BCUT2D eigenvalue weighted by Gasteiger charge is 2.39. The van der Waals surface area contributed by atoms with Crippen molar-refractivity contribution in [2.45, 2.75) is 56.5 Å². The van der Waals surface area contributed by atoms with Crippen LogP contribution in [0.25, 0.3) is 0 Å². The third-order valence-electron chi connectivity index (χ3n) is 6.81. The highest BCUT2D eigenvalue weighted by molar-refractivity contribution is 5.50. The number of benzene rings is 2. The third kappa shape index (κ3) is 3.69. The Hall–Kier alpha value is -2.81. The van der Waals surface area contributed by atoms with Gasteiger partial charge in [-0.25, -0.2) is 0 Å². The van der Waals surface area contributed by atoms with Crippen molar-refractivity contribution in [1.82, 2.24) is 4.98 Å². The highest BCUT2D eigenvalue weighted by atomic mass is 16.5. The summed E-state index contributed by atoms with van der Waals surface area (Å²) in [7, 11) is 1.73. The van der Waals surface area contributed by atoms with Crippen molar-refractivity contribution in [1.29, 1.82) is 0 Å². The lowest BCUT2D eigenvalue weighted by molar-refractivity contribution is 0.200. The number of ether oxygens (including phenoxy) is 2. The zero-order chi connectivity index (χ0) is 20.4. The molecule has 2 aromatic carbocycles. The van der Waals surface area contributed by atoms with E-state index >= 15 is 0 Å². The summed E-state index contributed by atoms with van der Waals surface area (Å²) in [5, 5.41) is 0. The molecule has 1 saturated carbocycles. The predicted octanol–water partition coefficient (Wildman–Crippen LogP) is 5.69. The lowest BCUT2D eigenvalue weighted by Gasteiger charge is -2.31. The van der Waals surface area contributed by atoms with Crippen molar-refractivity contribution < 1.29 is 9.47 Å². The minimum Gasteiger partial charge on any atom is -0.493 e. The average molecular weight is 400 g/mol. The molecule has 0 spiro atoms. The van der Waals surface area contributed by atoms with Crippen molar-refractivity contribution in [3.8, 4) is 11.5 Å². The molecule has 2 aliphatic carbocycles. The van der Waals surface area contributed by atoms with Crippen LogP contribution in [0.4, 0.5) is 0 Å². The maximum atomic E-state index is 6.43. The van der Waals surface area contributed by atoms with Crippen molar-refractivity contribution in [2.75, 3.05) is 7.11 Å². The summed E-state index contributed by atoms with van der Waals surface area (Å²) in [6, 6.07) is 19.7. The average Bonchev–Trinajstić information content (AvgIpc) is 3.42. The summed E-state index contributed by atoms with van der Waals surface area (Å²) in [4.78, 5) is 4.37. The number of nitrogens with zero attached hydrogens (tertiary/aromatic N) is 1. The van der Waals surface area contributed by atoms with Crippen molar-refractivity contribution in [2.24, 2.45) is 0 Å². The Morgan fingerprint density at radius 2 is 1.70 bits per heavy atom. The van der Waals surface area contributed by atoms with Gasteiger partial charge in [0.05, 0.1) is 13.2 Å². The fraction of sp³-hybridized carbons (Fsp3) is 0.370. The van der Waals surface area contributed by atoms with Gasteiger partial charge in [-0.3, -0.25) is 4.98 Å². The molecule has 0 N–H and O–H groups in total. The molecule has 30 heavy (non-hydrogen) atoms. The third-order valence-corrected chi connectivity index (χ3v) is 6.81. The number of pyridine rings is 1. The topological polar surface area (TPSA) is 31.4 Å². The lowest BCUT2D eigenvalue weighted by Crippen LogP contribution is -2.30. The Morgan fingerprint density at radius 1 is 0.933 bits per heavy atom. The smallest absolute Gasteiger partial charge is 0.161 e. The molecule has 1 fully saturated rings. The van der Waals surface area contributed by atoms with Gasteiger partial charge in [0.25, 0.3) is 0 Å². The molecule has 1 heterocycles. The summed E-state index contributed by atoms with van der Waals surface area (Å²) in [5.41, 5.74) is 5.52. The SMILES string of the molecule is COc1ccc(C2(Cc3cccnc3)Cc3ccccc3C2)cc1OC1CCCC1. The van der Waals surface area contributed by atoms with Crippen LogP contribution >= 0.6 is 0 Å². The molecule has 0 atom stereocenters. The maximum Gasteiger partial charge on any atom is 0.161 e. The van der Waals surface area contributed by atoms with E-state index in [2.05, 4.69) is 53.5 Å². The molecule has 3 heteroatoms. The first-order chi connectivity index (χ1) is 14.8. The van der Waals surface area contributed by atoms with E-state index in [0.717, 1.165) is 43.6 Å². The monoisotopic (exact) mass is 399 g/mol. The van der Waals surface area contributed by atoms with Crippen LogP contribution in [0.5, 0.6) is 11.5 Å². The quantitative estimate of drug-likeness (QED) is 0.533. The first-order valence-corrected chi connectivity index (χ1v) is 11.1. The van der Waals surface area contributed by atoms with Gasteiger partial charge in [0, 0.05) is 17.8 Å². The molecule has 154 valence electrons. The molecule has 0 radical (unpaired) electrons. The molecule has 0 bridgehead atoms. The van der Waals surface area contributed by atoms with Gasteiger partial charge < -0.3 is 9.47 Å². The molecule has 0 amide bonds. The molecular weight excluding hydrogens is 370 g/mol. The largest absolute Gasteiger partial charge is 0.493 e. The fourth-order valence-corrected chi connectivity index (χ4v) is 5.30. The van der Waals surface area contributed by atoms with Crippen LogP contribution < -0.4 is 9.47 Å². The molecule has 5 rings (SSSR count). The van der Waals surface area contributed by atoms with Crippen molar-refractivity contribution in [3.05, 3.63) is 89.2 Å². The standard InChI is InChI=1S/C27H29NO2/c1-29-25-13-12-23(15-26(25)30-24-10-4-5-11-24)27(16-20-7-6-14-28-19-20)17-21-8-2-3-9-22(21)18-27/h2-3,6-9,12-15,19,24H,4-5,10-11,16-18H2,1H3.